The number of aryl methyl sites for hydroxylation is 2. The third-order valence-electron chi connectivity index (χ3n) is 3.55. The number of hydrogen-bond acceptors (Lipinski definition) is 3. The number of H-pyrrole nitrogens is 1. The van der Waals surface area contributed by atoms with Gasteiger partial charge in [0.2, 0.25) is 0 Å². The van der Waals surface area contributed by atoms with Crippen molar-refractivity contribution in [1.29, 1.82) is 5.26 Å². The highest BCUT2D eigenvalue weighted by Gasteiger charge is 2.14. The van der Waals surface area contributed by atoms with E-state index in [1.54, 1.807) is 6.07 Å². The van der Waals surface area contributed by atoms with Crippen molar-refractivity contribution in [2.45, 2.75) is 19.9 Å². The number of nitriles is 1. The Morgan fingerprint density at radius 2 is 2.24 bits per heavy atom. The molecule has 0 aliphatic heterocycles. The second kappa shape index (κ2) is 5.19. The third kappa shape index (κ3) is 2.26. The Morgan fingerprint density at radius 3 is 2.95 bits per heavy atom. The Hall–Kier alpha value is -2.39. The van der Waals surface area contributed by atoms with Crippen molar-refractivity contribution in [3.05, 3.63) is 45.9 Å². The largest absolute Gasteiger partial charge is 0.328 e. The lowest BCUT2D eigenvalue weighted by Gasteiger charge is -2.05. The van der Waals surface area contributed by atoms with E-state index >= 15 is 0 Å². The molecule has 1 aromatic carbocycles. The first-order chi connectivity index (χ1) is 10.1. The second-order valence-electron chi connectivity index (χ2n) is 4.95. The van der Waals surface area contributed by atoms with Crippen LogP contribution in [0.4, 0.5) is 0 Å². The van der Waals surface area contributed by atoms with Crippen LogP contribution in [0.5, 0.6) is 0 Å². The van der Waals surface area contributed by atoms with Crippen molar-refractivity contribution < 1.29 is 0 Å². The van der Waals surface area contributed by atoms with E-state index in [0.29, 0.717) is 16.9 Å². The SMILES string of the molecule is CCc1nn(C)c2c1[nH]c(=S)n2Cc1cccc(C#N)c1. The number of aromatic amines is 1. The summed E-state index contributed by atoms with van der Waals surface area (Å²) < 4.78 is 4.55. The molecule has 3 rings (SSSR count). The fraction of sp³-hybridized carbons (Fsp3) is 0.267. The fourth-order valence-corrected chi connectivity index (χ4v) is 2.85. The van der Waals surface area contributed by atoms with Gasteiger partial charge in [-0.05, 0) is 36.3 Å². The molecule has 0 saturated carbocycles. The number of hydrogen-bond donors (Lipinski definition) is 1. The summed E-state index contributed by atoms with van der Waals surface area (Å²) in [5.41, 5.74) is 4.71. The summed E-state index contributed by atoms with van der Waals surface area (Å²) in [6.07, 6.45) is 0.858. The average Bonchev–Trinajstić information content (AvgIpc) is 2.97. The van der Waals surface area contributed by atoms with Crippen molar-refractivity contribution in [3.8, 4) is 6.07 Å². The first-order valence-corrected chi connectivity index (χ1v) is 7.18. The predicted octanol–water partition coefficient (Wildman–Crippen LogP) is 2.91. The maximum atomic E-state index is 9.00. The van der Waals surface area contributed by atoms with Crippen LogP contribution in [0, 0.1) is 16.1 Å². The first-order valence-electron chi connectivity index (χ1n) is 6.77. The maximum absolute atomic E-state index is 9.00. The highest BCUT2D eigenvalue weighted by molar-refractivity contribution is 7.71. The number of nitrogens with zero attached hydrogens (tertiary/aromatic N) is 4. The number of rotatable bonds is 3. The molecule has 0 radical (unpaired) electrons. The Bertz CT molecular complexity index is 906. The topological polar surface area (TPSA) is 62.3 Å². The summed E-state index contributed by atoms with van der Waals surface area (Å²) in [6.45, 7) is 2.70. The molecule has 2 heterocycles. The van der Waals surface area contributed by atoms with Crippen molar-refractivity contribution in [2.24, 2.45) is 7.05 Å². The molecule has 106 valence electrons. The molecule has 2 aromatic heterocycles. The Morgan fingerprint density at radius 1 is 1.43 bits per heavy atom. The highest BCUT2D eigenvalue weighted by Crippen LogP contribution is 2.19. The molecule has 21 heavy (non-hydrogen) atoms. The monoisotopic (exact) mass is 297 g/mol. The molecule has 0 amide bonds. The van der Waals surface area contributed by atoms with Crippen molar-refractivity contribution in [3.63, 3.8) is 0 Å². The van der Waals surface area contributed by atoms with E-state index in [2.05, 4.69) is 23.1 Å². The van der Waals surface area contributed by atoms with Gasteiger partial charge in [0.1, 0.15) is 5.52 Å². The van der Waals surface area contributed by atoms with Crippen LogP contribution in [0.1, 0.15) is 23.7 Å². The van der Waals surface area contributed by atoms with Crippen LogP contribution in [0.3, 0.4) is 0 Å². The van der Waals surface area contributed by atoms with Crippen LogP contribution >= 0.6 is 12.2 Å². The van der Waals surface area contributed by atoms with Crippen LogP contribution in [0.2, 0.25) is 0 Å². The number of nitrogens with one attached hydrogen (secondary N) is 1. The molecule has 5 nitrogen and oxygen atoms in total. The van der Waals surface area contributed by atoms with Gasteiger partial charge in [-0.3, -0.25) is 9.25 Å². The second-order valence-corrected chi connectivity index (χ2v) is 5.34. The summed E-state index contributed by atoms with van der Waals surface area (Å²) in [5, 5.41) is 13.5. The Balaban J connectivity index is 2.12. The number of aromatic nitrogens is 4. The minimum Gasteiger partial charge on any atom is -0.328 e. The van der Waals surface area contributed by atoms with Gasteiger partial charge in [0.15, 0.2) is 10.4 Å². The molecule has 0 saturated heterocycles. The number of fused-ring (bicyclic) bond motifs is 1. The molecule has 0 unspecified atom stereocenters. The lowest BCUT2D eigenvalue weighted by molar-refractivity contribution is 0.709. The molecule has 6 heteroatoms. The van der Waals surface area contributed by atoms with E-state index in [1.165, 1.54) is 0 Å². The van der Waals surface area contributed by atoms with Gasteiger partial charge in [0.25, 0.3) is 0 Å². The van der Waals surface area contributed by atoms with E-state index in [4.69, 9.17) is 17.5 Å². The van der Waals surface area contributed by atoms with Crippen molar-refractivity contribution in [1.82, 2.24) is 19.3 Å². The van der Waals surface area contributed by atoms with Gasteiger partial charge in [-0.15, -0.1) is 0 Å². The molecule has 0 aliphatic rings. The first kappa shape index (κ1) is 13.6. The maximum Gasteiger partial charge on any atom is 0.179 e. The van der Waals surface area contributed by atoms with Crippen LogP contribution in [-0.4, -0.2) is 19.3 Å². The molecule has 0 bridgehead atoms. The molecule has 0 aliphatic carbocycles. The summed E-state index contributed by atoms with van der Waals surface area (Å²) in [4.78, 5) is 3.25. The number of benzene rings is 1. The number of imidazole rings is 1. The van der Waals surface area contributed by atoms with Crippen molar-refractivity contribution >= 4 is 23.4 Å². The van der Waals surface area contributed by atoms with Gasteiger partial charge in [-0.25, -0.2) is 0 Å². The molecule has 0 atom stereocenters. The zero-order valence-corrected chi connectivity index (χ0v) is 12.7. The molecule has 0 fully saturated rings. The molecule has 3 aromatic rings. The van der Waals surface area contributed by atoms with E-state index in [1.807, 2.05) is 34.5 Å². The quantitative estimate of drug-likeness (QED) is 0.756. The molecular formula is C15H15N5S. The molecule has 0 spiro atoms. The normalized spacial score (nSPS) is 10.9. The van der Waals surface area contributed by atoms with Crippen LogP contribution in [-0.2, 0) is 20.0 Å². The van der Waals surface area contributed by atoms with Gasteiger partial charge < -0.3 is 4.98 Å². The van der Waals surface area contributed by atoms with Gasteiger partial charge in [0, 0.05) is 7.05 Å². The smallest absolute Gasteiger partial charge is 0.179 e. The summed E-state index contributed by atoms with van der Waals surface area (Å²) in [6, 6.07) is 9.74. The zero-order valence-electron chi connectivity index (χ0n) is 11.9. The van der Waals surface area contributed by atoms with Crippen LogP contribution < -0.4 is 0 Å². The van der Waals surface area contributed by atoms with Gasteiger partial charge >= 0.3 is 0 Å². The third-order valence-corrected chi connectivity index (χ3v) is 3.88. The minimum atomic E-state index is 0.622. The van der Waals surface area contributed by atoms with Gasteiger partial charge in [-0.2, -0.15) is 10.4 Å². The van der Waals surface area contributed by atoms with E-state index in [9.17, 15) is 0 Å². The lowest BCUT2D eigenvalue weighted by atomic mass is 10.1. The minimum absolute atomic E-state index is 0.622. The Labute approximate surface area is 127 Å². The standard InChI is InChI=1S/C15H15N5S/c1-3-12-13-14(19(2)18-12)20(15(21)17-13)9-11-6-4-5-10(7-11)8-16/h4-7H,3,9H2,1-2H3,(H,17,21). The molecular weight excluding hydrogens is 282 g/mol. The summed E-state index contributed by atoms with van der Waals surface area (Å²) in [5.74, 6) is 0. The van der Waals surface area contributed by atoms with E-state index in [0.717, 1.165) is 28.8 Å². The van der Waals surface area contributed by atoms with Crippen molar-refractivity contribution in [2.75, 3.05) is 0 Å². The van der Waals surface area contributed by atoms with Gasteiger partial charge in [0.05, 0.1) is 23.9 Å². The lowest BCUT2D eigenvalue weighted by Crippen LogP contribution is -2.04. The van der Waals surface area contributed by atoms with Crippen LogP contribution in [0.15, 0.2) is 24.3 Å². The Kier molecular flexibility index (Phi) is 3.35. The molecule has 1 N–H and O–H groups in total. The predicted molar refractivity (Wildman–Crippen MR) is 83.5 cm³/mol. The highest BCUT2D eigenvalue weighted by atomic mass is 32.1. The average molecular weight is 297 g/mol. The van der Waals surface area contributed by atoms with Crippen LogP contribution in [0.25, 0.3) is 11.2 Å². The van der Waals surface area contributed by atoms with E-state index in [-0.39, 0.29) is 0 Å². The summed E-state index contributed by atoms with van der Waals surface area (Å²) >= 11 is 5.44. The zero-order chi connectivity index (χ0) is 15.0. The van der Waals surface area contributed by atoms with E-state index < -0.39 is 0 Å². The van der Waals surface area contributed by atoms with Gasteiger partial charge in [-0.1, -0.05) is 19.1 Å². The fourth-order valence-electron chi connectivity index (χ4n) is 2.59. The summed E-state index contributed by atoms with van der Waals surface area (Å²) in [7, 11) is 1.92.